The van der Waals surface area contributed by atoms with Crippen LogP contribution < -0.4 is 5.32 Å². The summed E-state index contributed by atoms with van der Waals surface area (Å²) in [4.78, 5) is 8.76. The Morgan fingerprint density at radius 1 is 1.38 bits per heavy atom. The van der Waals surface area contributed by atoms with E-state index in [0.29, 0.717) is 0 Å². The third-order valence-electron chi connectivity index (χ3n) is 2.13. The summed E-state index contributed by atoms with van der Waals surface area (Å²) in [5.41, 5.74) is 1.05. The number of aryl methyl sites for hydroxylation is 1. The van der Waals surface area contributed by atoms with Crippen LogP contribution in [0.3, 0.4) is 0 Å². The van der Waals surface area contributed by atoms with Crippen molar-refractivity contribution >= 4 is 17.6 Å². The summed E-state index contributed by atoms with van der Waals surface area (Å²) in [5, 5.41) is 13.4. The van der Waals surface area contributed by atoms with E-state index >= 15 is 0 Å². The van der Waals surface area contributed by atoms with Gasteiger partial charge in [0.05, 0.1) is 6.61 Å². The van der Waals surface area contributed by atoms with Gasteiger partial charge < -0.3 is 10.4 Å². The van der Waals surface area contributed by atoms with Crippen molar-refractivity contribution in [3.8, 4) is 0 Å². The first kappa shape index (κ1) is 13.3. The third-order valence-corrected chi connectivity index (χ3v) is 3.30. The lowest BCUT2D eigenvalue weighted by molar-refractivity contribution is 0.300. The molecule has 0 aromatic carbocycles. The second kappa shape index (κ2) is 6.06. The van der Waals surface area contributed by atoms with E-state index in [9.17, 15) is 0 Å². The highest BCUT2D eigenvalue weighted by atomic mass is 32.2. The first-order valence-corrected chi connectivity index (χ1v) is 6.33. The van der Waals surface area contributed by atoms with E-state index in [1.54, 1.807) is 11.8 Å². The number of aromatic nitrogens is 2. The predicted octanol–water partition coefficient (Wildman–Crippen LogP) is 2.00. The summed E-state index contributed by atoms with van der Waals surface area (Å²) in [5.74, 6) is 1.65. The van der Waals surface area contributed by atoms with Gasteiger partial charge in [-0.2, -0.15) is 0 Å². The molecule has 4 nitrogen and oxygen atoms in total. The molecule has 1 heterocycles. The molecule has 0 spiro atoms. The van der Waals surface area contributed by atoms with Crippen LogP contribution in [0.5, 0.6) is 0 Å². The van der Waals surface area contributed by atoms with Gasteiger partial charge in [0.15, 0.2) is 0 Å². The van der Waals surface area contributed by atoms with Gasteiger partial charge >= 0.3 is 0 Å². The fourth-order valence-corrected chi connectivity index (χ4v) is 2.20. The SMILES string of the molecule is CCNc1nc(C)nc(SC(C)CO)c1C. The molecule has 1 rings (SSSR count). The number of nitrogens with zero attached hydrogens (tertiary/aromatic N) is 2. The highest BCUT2D eigenvalue weighted by molar-refractivity contribution is 7.99. The second-order valence-electron chi connectivity index (χ2n) is 3.69. The van der Waals surface area contributed by atoms with Crippen LogP contribution in [0.25, 0.3) is 0 Å². The van der Waals surface area contributed by atoms with Crippen molar-refractivity contribution in [2.75, 3.05) is 18.5 Å². The number of aliphatic hydroxyl groups excluding tert-OH is 1. The molecule has 1 aromatic rings. The molecule has 0 amide bonds. The molecule has 1 atom stereocenters. The lowest BCUT2D eigenvalue weighted by Gasteiger charge is -2.13. The number of anilines is 1. The van der Waals surface area contributed by atoms with E-state index in [1.807, 2.05) is 27.7 Å². The normalized spacial score (nSPS) is 12.6. The number of hydrogen-bond acceptors (Lipinski definition) is 5. The number of nitrogens with one attached hydrogen (secondary N) is 1. The molecular weight excluding hydrogens is 222 g/mol. The van der Waals surface area contributed by atoms with Gasteiger partial charge in [0.2, 0.25) is 0 Å². The number of rotatable bonds is 5. The minimum Gasteiger partial charge on any atom is -0.395 e. The van der Waals surface area contributed by atoms with Gasteiger partial charge in [-0.05, 0) is 20.8 Å². The topological polar surface area (TPSA) is 58.0 Å². The molecule has 0 aliphatic carbocycles. The van der Waals surface area contributed by atoms with Crippen molar-refractivity contribution in [2.45, 2.75) is 38.0 Å². The van der Waals surface area contributed by atoms with Crippen LogP contribution in [0, 0.1) is 13.8 Å². The first-order chi connectivity index (χ1) is 7.58. The van der Waals surface area contributed by atoms with E-state index in [4.69, 9.17) is 5.11 Å². The van der Waals surface area contributed by atoms with Crippen molar-refractivity contribution in [1.29, 1.82) is 0 Å². The van der Waals surface area contributed by atoms with E-state index in [1.165, 1.54) is 0 Å². The number of thioether (sulfide) groups is 1. The Hall–Kier alpha value is -0.810. The van der Waals surface area contributed by atoms with Crippen LogP contribution in [0.15, 0.2) is 5.03 Å². The molecule has 1 unspecified atom stereocenters. The van der Waals surface area contributed by atoms with Crippen molar-refractivity contribution in [2.24, 2.45) is 0 Å². The average Bonchev–Trinajstić information content (AvgIpc) is 2.25. The number of hydrogen-bond donors (Lipinski definition) is 2. The van der Waals surface area contributed by atoms with Crippen LogP contribution >= 0.6 is 11.8 Å². The molecule has 0 saturated heterocycles. The minimum absolute atomic E-state index is 0.155. The summed E-state index contributed by atoms with van der Waals surface area (Å²) >= 11 is 1.58. The molecular formula is C11H19N3OS. The van der Waals surface area contributed by atoms with Gasteiger partial charge in [0.1, 0.15) is 16.7 Å². The maximum Gasteiger partial charge on any atom is 0.133 e. The van der Waals surface area contributed by atoms with Crippen LogP contribution in [-0.4, -0.2) is 33.5 Å². The summed E-state index contributed by atoms with van der Waals surface area (Å²) in [7, 11) is 0. The Bertz CT molecular complexity index is 357. The Morgan fingerprint density at radius 3 is 2.62 bits per heavy atom. The molecule has 0 fully saturated rings. The van der Waals surface area contributed by atoms with E-state index < -0.39 is 0 Å². The first-order valence-electron chi connectivity index (χ1n) is 5.45. The van der Waals surface area contributed by atoms with Crippen LogP contribution in [0.2, 0.25) is 0 Å². The summed E-state index contributed by atoms with van der Waals surface area (Å²) in [6.45, 7) is 8.91. The monoisotopic (exact) mass is 241 g/mol. The highest BCUT2D eigenvalue weighted by Gasteiger charge is 2.12. The molecule has 0 aliphatic rings. The minimum atomic E-state index is 0.155. The lowest BCUT2D eigenvalue weighted by atomic mass is 10.3. The molecule has 2 N–H and O–H groups in total. The third kappa shape index (κ3) is 3.35. The Balaban J connectivity index is 2.99. The molecule has 16 heavy (non-hydrogen) atoms. The Morgan fingerprint density at radius 2 is 2.06 bits per heavy atom. The van der Waals surface area contributed by atoms with Gasteiger partial charge in [0.25, 0.3) is 0 Å². The molecule has 1 aromatic heterocycles. The molecule has 0 radical (unpaired) electrons. The van der Waals surface area contributed by atoms with Crippen molar-refractivity contribution in [3.05, 3.63) is 11.4 Å². The van der Waals surface area contributed by atoms with Gasteiger partial charge in [0, 0.05) is 17.4 Å². The van der Waals surface area contributed by atoms with Crippen LogP contribution in [0.4, 0.5) is 5.82 Å². The average molecular weight is 241 g/mol. The quantitative estimate of drug-likeness (QED) is 0.610. The molecule has 0 saturated carbocycles. The Kier molecular flexibility index (Phi) is 5.02. The molecule has 5 heteroatoms. The maximum atomic E-state index is 9.05. The lowest BCUT2D eigenvalue weighted by Crippen LogP contribution is -2.08. The standard InChI is InChI=1S/C11H19N3OS/c1-5-12-10-8(3)11(14-9(4)13-10)16-7(2)6-15/h7,15H,5-6H2,1-4H3,(H,12,13,14). The van der Waals surface area contributed by atoms with Crippen LogP contribution in [-0.2, 0) is 0 Å². The summed E-state index contributed by atoms with van der Waals surface area (Å²) in [6.07, 6.45) is 0. The highest BCUT2D eigenvalue weighted by Crippen LogP contribution is 2.27. The molecule has 90 valence electrons. The van der Waals surface area contributed by atoms with Crippen LogP contribution in [0.1, 0.15) is 25.2 Å². The molecule has 0 aliphatic heterocycles. The summed E-state index contributed by atoms with van der Waals surface area (Å²) in [6, 6.07) is 0. The van der Waals surface area contributed by atoms with E-state index in [0.717, 1.165) is 28.8 Å². The van der Waals surface area contributed by atoms with Crippen molar-refractivity contribution in [1.82, 2.24) is 9.97 Å². The molecule has 0 bridgehead atoms. The summed E-state index contributed by atoms with van der Waals surface area (Å²) < 4.78 is 0. The van der Waals surface area contributed by atoms with E-state index in [-0.39, 0.29) is 11.9 Å². The smallest absolute Gasteiger partial charge is 0.133 e. The zero-order chi connectivity index (χ0) is 12.1. The largest absolute Gasteiger partial charge is 0.395 e. The van der Waals surface area contributed by atoms with Crippen molar-refractivity contribution in [3.63, 3.8) is 0 Å². The van der Waals surface area contributed by atoms with Crippen molar-refractivity contribution < 1.29 is 5.11 Å². The maximum absolute atomic E-state index is 9.05. The zero-order valence-corrected chi connectivity index (χ0v) is 11.1. The van der Waals surface area contributed by atoms with Gasteiger partial charge in [-0.15, -0.1) is 11.8 Å². The Labute approximate surface area is 101 Å². The zero-order valence-electron chi connectivity index (χ0n) is 10.2. The fraction of sp³-hybridized carbons (Fsp3) is 0.636. The predicted molar refractivity (Wildman–Crippen MR) is 68.1 cm³/mol. The van der Waals surface area contributed by atoms with Gasteiger partial charge in [-0.1, -0.05) is 6.92 Å². The second-order valence-corrected chi connectivity index (χ2v) is 5.12. The van der Waals surface area contributed by atoms with E-state index in [2.05, 4.69) is 15.3 Å². The fourth-order valence-electron chi connectivity index (χ4n) is 1.28. The number of aliphatic hydroxyl groups is 1. The van der Waals surface area contributed by atoms with Gasteiger partial charge in [-0.3, -0.25) is 0 Å². The van der Waals surface area contributed by atoms with Gasteiger partial charge in [-0.25, -0.2) is 9.97 Å².